The molecule has 1 aromatic rings. The number of nitrogens with one attached hydrogen (secondary N) is 1. The van der Waals surface area contributed by atoms with E-state index >= 15 is 0 Å². The monoisotopic (exact) mass is 376 g/mol. The van der Waals surface area contributed by atoms with Crippen LogP contribution in [0.3, 0.4) is 0 Å². The van der Waals surface area contributed by atoms with Gasteiger partial charge in [0.2, 0.25) is 0 Å². The summed E-state index contributed by atoms with van der Waals surface area (Å²) in [5, 5.41) is 0. The Hall–Kier alpha value is 0.340. The minimum atomic E-state index is -3.47. The zero-order valence-corrected chi connectivity index (χ0v) is 14.3. The van der Waals surface area contributed by atoms with Gasteiger partial charge in [-0.15, -0.1) is 23.7 Å². The van der Waals surface area contributed by atoms with Crippen molar-refractivity contribution < 1.29 is 8.42 Å². The van der Waals surface area contributed by atoms with Gasteiger partial charge in [-0.3, -0.25) is 0 Å². The van der Waals surface area contributed by atoms with Crippen LogP contribution in [-0.2, 0) is 10.0 Å². The van der Waals surface area contributed by atoms with Gasteiger partial charge in [-0.25, -0.2) is 13.1 Å². The van der Waals surface area contributed by atoms with Crippen LogP contribution in [0, 0.1) is 0 Å². The van der Waals surface area contributed by atoms with Crippen LogP contribution in [0.2, 0.25) is 0 Å². The molecule has 0 saturated heterocycles. The van der Waals surface area contributed by atoms with E-state index in [0.29, 0.717) is 23.6 Å². The maximum Gasteiger partial charge on any atom is 0.250 e. The average molecular weight is 378 g/mol. The van der Waals surface area contributed by atoms with Crippen LogP contribution < -0.4 is 10.5 Å². The van der Waals surface area contributed by atoms with E-state index in [1.165, 1.54) is 11.3 Å². The van der Waals surface area contributed by atoms with Crippen molar-refractivity contribution in [1.29, 1.82) is 0 Å². The van der Waals surface area contributed by atoms with E-state index in [4.69, 9.17) is 5.73 Å². The summed E-state index contributed by atoms with van der Waals surface area (Å²) >= 11 is 4.45. The predicted molar refractivity (Wildman–Crippen MR) is 82.0 cm³/mol. The molecule has 4 nitrogen and oxygen atoms in total. The Bertz CT molecular complexity index is 464. The molecule has 0 radical (unpaired) electrons. The van der Waals surface area contributed by atoms with Crippen molar-refractivity contribution in [2.75, 3.05) is 6.54 Å². The average Bonchev–Trinajstić information content (AvgIpc) is 2.74. The Balaban J connectivity index is 0.00000289. The highest BCUT2D eigenvalue weighted by Crippen LogP contribution is 2.27. The first-order valence-electron chi connectivity index (χ1n) is 5.38. The normalized spacial score (nSPS) is 12.2. The fourth-order valence-electron chi connectivity index (χ4n) is 1.50. The third-order valence-electron chi connectivity index (χ3n) is 2.91. The summed E-state index contributed by atoms with van der Waals surface area (Å²) in [5.41, 5.74) is 5.14. The van der Waals surface area contributed by atoms with Crippen LogP contribution in [0.5, 0.6) is 0 Å². The Morgan fingerprint density at radius 3 is 2.28 bits per heavy atom. The standard InChI is InChI=1S/C10H17BrN2O2S2.ClH/c1-3-10(4-2,7-12)13-17(14,15)9-6-5-8(11)16-9;/h5-6,13H,3-4,7,12H2,1-2H3;1H. The number of nitrogens with two attached hydrogens (primary N) is 1. The van der Waals surface area contributed by atoms with Crippen molar-refractivity contribution in [2.24, 2.45) is 5.73 Å². The fraction of sp³-hybridized carbons (Fsp3) is 0.600. The lowest BCUT2D eigenvalue weighted by Gasteiger charge is -2.30. The molecular weight excluding hydrogens is 360 g/mol. The lowest BCUT2D eigenvalue weighted by Crippen LogP contribution is -2.52. The van der Waals surface area contributed by atoms with E-state index in [1.54, 1.807) is 12.1 Å². The van der Waals surface area contributed by atoms with Crippen molar-refractivity contribution in [3.63, 3.8) is 0 Å². The topological polar surface area (TPSA) is 72.2 Å². The highest BCUT2D eigenvalue weighted by atomic mass is 79.9. The molecule has 0 spiro atoms. The second-order valence-corrected chi connectivity index (χ2v) is 8.23. The minimum Gasteiger partial charge on any atom is -0.329 e. The van der Waals surface area contributed by atoms with Gasteiger partial charge in [-0.2, -0.15) is 0 Å². The molecule has 0 amide bonds. The van der Waals surface area contributed by atoms with Crippen LogP contribution in [0.1, 0.15) is 26.7 Å². The highest BCUT2D eigenvalue weighted by molar-refractivity contribution is 9.11. The lowest BCUT2D eigenvalue weighted by atomic mass is 9.95. The number of sulfonamides is 1. The van der Waals surface area contributed by atoms with Crippen molar-refractivity contribution in [3.8, 4) is 0 Å². The lowest BCUT2D eigenvalue weighted by molar-refractivity contribution is 0.363. The molecule has 1 aromatic heterocycles. The SMILES string of the molecule is CCC(CC)(CN)NS(=O)(=O)c1ccc(Br)s1.Cl. The van der Waals surface area contributed by atoms with E-state index in [-0.39, 0.29) is 12.4 Å². The van der Waals surface area contributed by atoms with Gasteiger partial charge in [0.1, 0.15) is 4.21 Å². The molecule has 0 aromatic carbocycles. The van der Waals surface area contributed by atoms with Gasteiger partial charge in [-0.1, -0.05) is 13.8 Å². The van der Waals surface area contributed by atoms with E-state index in [0.717, 1.165) is 3.79 Å². The van der Waals surface area contributed by atoms with E-state index in [2.05, 4.69) is 20.7 Å². The van der Waals surface area contributed by atoms with Crippen molar-refractivity contribution in [3.05, 3.63) is 15.9 Å². The molecule has 0 atom stereocenters. The first-order chi connectivity index (χ1) is 7.89. The fourth-order valence-corrected chi connectivity index (χ4v) is 5.07. The largest absolute Gasteiger partial charge is 0.329 e. The number of thiophene rings is 1. The number of hydrogen-bond acceptors (Lipinski definition) is 4. The van der Waals surface area contributed by atoms with Crippen molar-refractivity contribution in [1.82, 2.24) is 4.72 Å². The molecule has 0 aliphatic heterocycles. The number of rotatable bonds is 6. The Labute approximate surface area is 127 Å². The predicted octanol–water partition coefficient (Wildman–Crippen LogP) is 2.73. The van der Waals surface area contributed by atoms with E-state index in [9.17, 15) is 8.42 Å². The molecule has 1 heterocycles. The molecule has 1 rings (SSSR count). The maximum atomic E-state index is 12.2. The molecule has 0 aliphatic rings. The summed E-state index contributed by atoms with van der Waals surface area (Å²) in [5.74, 6) is 0. The second-order valence-electron chi connectivity index (χ2n) is 3.86. The van der Waals surface area contributed by atoms with Crippen LogP contribution >= 0.6 is 39.7 Å². The Morgan fingerprint density at radius 2 is 1.94 bits per heavy atom. The van der Waals surface area contributed by atoms with Gasteiger partial charge in [0.25, 0.3) is 10.0 Å². The van der Waals surface area contributed by atoms with Crippen LogP contribution in [0.15, 0.2) is 20.1 Å². The second kappa shape index (κ2) is 7.21. The molecule has 0 fully saturated rings. The van der Waals surface area contributed by atoms with Crippen molar-refractivity contribution in [2.45, 2.75) is 36.4 Å². The van der Waals surface area contributed by atoms with Crippen LogP contribution in [0.4, 0.5) is 0 Å². The number of halogens is 2. The Morgan fingerprint density at radius 1 is 1.39 bits per heavy atom. The molecule has 8 heteroatoms. The summed E-state index contributed by atoms with van der Waals surface area (Å²) < 4.78 is 28.1. The minimum absolute atomic E-state index is 0. The summed E-state index contributed by atoms with van der Waals surface area (Å²) in [4.78, 5) is 0. The summed E-state index contributed by atoms with van der Waals surface area (Å²) in [6.45, 7) is 4.16. The molecule has 0 bridgehead atoms. The molecule has 106 valence electrons. The van der Waals surface area contributed by atoms with Crippen molar-refractivity contribution >= 4 is 49.7 Å². The number of hydrogen-bond donors (Lipinski definition) is 2. The quantitative estimate of drug-likeness (QED) is 0.800. The first-order valence-corrected chi connectivity index (χ1v) is 8.48. The molecule has 18 heavy (non-hydrogen) atoms. The van der Waals surface area contributed by atoms with Crippen LogP contribution in [0.25, 0.3) is 0 Å². The molecular formula is C10H18BrClN2O2S2. The van der Waals surface area contributed by atoms with Gasteiger partial charge in [0, 0.05) is 12.1 Å². The van der Waals surface area contributed by atoms with Gasteiger partial charge in [0.05, 0.1) is 3.79 Å². The third-order valence-corrected chi connectivity index (χ3v) is 6.60. The first kappa shape index (κ1) is 18.3. The van der Waals surface area contributed by atoms with Gasteiger partial charge in [0.15, 0.2) is 0 Å². The summed E-state index contributed by atoms with van der Waals surface area (Å²) in [7, 11) is -3.47. The maximum absolute atomic E-state index is 12.2. The van der Waals surface area contributed by atoms with Gasteiger partial charge in [-0.05, 0) is 40.9 Å². The molecule has 3 N–H and O–H groups in total. The van der Waals surface area contributed by atoms with E-state index < -0.39 is 15.6 Å². The third kappa shape index (κ3) is 4.18. The zero-order chi connectivity index (χ0) is 13.1. The van der Waals surface area contributed by atoms with E-state index in [1.807, 2.05) is 13.8 Å². The highest BCUT2D eigenvalue weighted by Gasteiger charge is 2.31. The smallest absolute Gasteiger partial charge is 0.250 e. The summed E-state index contributed by atoms with van der Waals surface area (Å²) in [6, 6.07) is 3.31. The zero-order valence-electron chi connectivity index (χ0n) is 10.3. The molecule has 0 unspecified atom stereocenters. The van der Waals surface area contributed by atoms with Gasteiger partial charge < -0.3 is 5.73 Å². The Kier molecular flexibility index (Phi) is 7.35. The van der Waals surface area contributed by atoms with Crippen LogP contribution in [-0.4, -0.2) is 20.5 Å². The molecule has 0 aliphatic carbocycles. The summed E-state index contributed by atoms with van der Waals surface area (Å²) in [6.07, 6.45) is 1.34. The molecule has 0 saturated carbocycles. The van der Waals surface area contributed by atoms with Gasteiger partial charge >= 0.3 is 0 Å².